The molecule has 2 aromatic heterocycles. The number of likely N-dealkylation sites (tertiary alicyclic amines) is 1. The van der Waals surface area contributed by atoms with Gasteiger partial charge in [0.15, 0.2) is 0 Å². The quantitative estimate of drug-likeness (QED) is 0.840. The lowest BCUT2D eigenvalue weighted by Gasteiger charge is -2.19. The lowest BCUT2D eigenvalue weighted by atomic mass is 10.2. The van der Waals surface area contributed by atoms with E-state index in [0.717, 1.165) is 25.9 Å². The number of carbonyl (C=O) groups excluding carboxylic acids is 1. The summed E-state index contributed by atoms with van der Waals surface area (Å²) in [7, 11) is 0. The van der Waals surface area contributed by atoms with E-state index in [-0.39, 0.29) is 5.91 Å². The van der Waals surface area contributed by atoms with E-state index >= 15 is 0 Å². The lowest BCUT2D eigenvalue weighted by molar-refractivity contribution is -0.128. The standard InChI is InChI=1S/C16H20N4OS2/c21-15(20-9-3-1-2-4-10-20)12-23-16-17-14(18-19-16)8-7-13-6-5-11-22-13/h5-8,11H,1-4,9-10,12H2,(H,17,18,19). The van der Waals surface area contributed by atoms with Gasteiger partial charge in [-0.25, -0.2) is 4.98 Å². The summed E-state index contributed by atoms with van der Waals surface area (Å²) in [4.78, 5) is 19.8. The number of amides is 1. The van der Waals surface area contributed by atoms with Crippen molar-refractivity contribution >= 4 is 41.2 Å². The van der Waals surface area contributed by atoms with E-state index in [1.807, 2.05) is 34.6 Å². The third-order valence-corrected chi connectivity index (χ3v) is 5.38. The third-order valence-electron chi connectivity index (χ3n) is 3.71. The number of aromatic amines is 1. The monoisotopic (exact) mass is 348 g/mol. The Balaban J connectivity index is 1.49. The predicted octanol–water partition coefficient (Wildman–Crippen LogP) is 3.53. The van der Waals surface area contributed by atoms with Gasteiger partial charge < -0.3 is 4.90 Å². The summed E-state index contributed by atoms with van der Waals surface area (Å²) in [5, 5.41) is 9.71. The van der Waals surface area contributed by atoms with Crippen molar-refractivity contribution in [3.8, 4) is 0 Å². The van der Waals surface area contributed by atoms with Crippen LogP contribution in [0.3, 0.4) is 0 Å². The summed E-state index contributed by atoms with van der Waals surface area (Å²) in [6.45, 7) is 1.78. The van der Waals surface area contributed by atoms with Crippen LogP contribution in [0.2, 0.25) is 0 Å². The van der Waals surface area contributed by atoms with Crippen LogP contribution >= 0.6 is 23.1 Å². The van der Waals surface area contributed by atoms with Crippen molar-refractivity contribution in [1.82, 2.24) is 20.1 Å². The van der Waals surface area contributed by atoms with E-state index < -0.39 is 0 Å². The smallest absolute Gasteiger partial charge is 0.233 e. The molecule has 7 heteroatoms. The minimum atomic E-state index is 0.192. The molecule has 0 spiro atoms. The van der Waals surface area contributed by atoms with Crippen molar-refractivity contribution in [1.29, 1.82) is 0 Å². The van der Waals surface area contributed by atoms with Crippen molar-refractivity contribution in [2.45, 2.75) is 30.8 Å². The van der Waals surface area contributed by atoms with Gasteiger partial charge >= 0.3 is 0 Å². The average molecular weight is 348 g/mol. The van der Waals surface area contributed by atoms with E-state index in [1.54, 1.807) is 11.3 Å². The minimum Gasteiger partial charge on any atom is -0.342 e. The first-order valence-electron chi connectivity index (χ1n) is 7.86. The molecular weight excluding hydrogens is 328 g/mol. The largest absolute Gasteiger partial charge is 0.342 e. The maximum absolute atomic E-state index is 12.2. The highest BCUT2D eigenvalue weighted by Crippen LogP contribution is 2.17. The Kier molecular flexibility index (Phi) is 5.87. The zero-order valence-electron chi connectivity index (χ0n) is 12.9. The third kappa shape index (κ3) is 4.94. The van der Waals surface area contributed by atoms with E-state index in [0.29, 0.717) is 16.7 Å². The van der Waals surface area contributed by atoms with Crippen molar-refractivity contribution < 1.29 is 4.79 Å². The SMILES string of the molecule is O=C(CSc1n[nH]c(C=Cc2cccs2)n1)N1CCCCCC1. The van der Waals surface area contributed by atoms with Gasteiger partial charge in [0.2, 0.25) is 11.1 Å². The number of nitrogens with one attached hydrogen (secondary N) is 1. The number of thiophene rings is 1. The molecule has 3 rings (SSSR count). The van der Waals surface area contributed by atoms with Crippen LogP contribution in [0.4, 0.5) is 0 Å². The van der Waals surface area contributed by atoms with Gasteiger partial charge in [-0.2, -0.15) is 0 Å². The second-order valence-corrected chi connectivity index (χ2v) is 7.36. The first-order valence-corrected chi connectivity index (χ1v) is 9.72. The minimum absolute atomic E-state index is 0.192. The van der Waals surface area contributed by atoms with E-state index in [9.17, 15) is 4.79 Å². The lowest BCUT2D eigenvalue weighted by Crippen LogP contribution is -2.33. The second kappa shape index (κ2) is 8.31. The summed E-state index contributed by atoms with van der Waals surface area (Å²) >= 11 is 3.07. The highest BCUT2D eigenvalue weighted by atomic mass is 32.2. The van der Waals surface area contributed by atoms with Gasteiger partial charge in [0.25, 0.3) is 0 Å². The Hall–Kier alpha value is -1.60. The summed E-state index contributed by atoms with van der Waals surface area (Å²) in [5.41, 5.74) is 0. The molecule has 0 atom stereocenters. The number of hydrogen-bond acceptors (Lipinski definition) is 5. The molecule has 0 saturated carbocycles. The molecule has 1 fully saturated rings. The van der Waals surface area contributed by atoms with Crippen molar-refractivity contribution in [2.75, 3.05) is 18.8 Å². The fraction of sp³-hybridized carbons (Fsp3) is 0.438. The molecule has 1 saturated heterocycles. The van der Waals surface area contributed by atoms with Crippen LogP contribution in [0.25, 0.3) is 12.2 Å². The van der Waals surface area contributed by atoms with Crippen LogP contribution in [0.1, 0.15) is 36.4 Å². The molecule has 0 unspecified atom stereocenters. The van der Waals surface area contributed by atoms with Crippen LogP contribution in [0, 0.1) is 0 Å². The van der Waals surface area contributed by atoms with Gasteiger partial charge in [-0.05, 0) is 36.4 Å². The Morgan fingerprint density at radius 2 is 2.13 bits per heavy atom. The molecule has 2 aromatic rings. The van der Waals surface area contributed by atoms with Gasteiger partial charge in [0.05, 0.1) is 5.75 Å². The van der Waals surface area contributed by atoms with E-state index in [1.165, 1.54) is 29.5 Å². The van der Waals surface area contributed by atoms with Crippen molar-refractivity contribution in [3.05, 3.63) is 28.2 Å². The van der Waals surface area contributed by atoms with Crippen LogP contribution in [-0.4, -0.2) is 44.8 Å². The van der Waals surface area contributed by atoms with Crippen LogP contribution < -0.4 is 0 Å². The molecule has 0 bridgehead atoms. The number of hydrogen-bond donors (Lipinski definition) is 1. The molecule has 0 aliphatic carbocycles. The first-order chi connectivity index (χ1) is 11.3. The maximum Gasteiger partial charge on any atom is 0.233 e. The fourth-order valence-corrected chi connectivity index (χ4v) is 3.81. The molecule has 3 heterocycles. The van der Waals surface area contributed by atoms with Crippen molar-refractivity contribution in [3.63, 3.8) is 0 Å². The molecular formula is C16H20N4OS2. The molecule has 0 radical (unpaired) electrons. The number of rotatable bonds is 5. The number of nitrogens with zero attached hydrogens (tertiary/aromatic N) is 3. The predicted molar refractivity (Wildman–Crippen MR) is 95.4 cm³/mol. The Morgan fingerprint density at radius 3 is 2.87 bits per heavy atom. The zero-order valence-corrected chi connectivity index (χ0v) is 14.5. The summed E-state index contributed by atoms with van der Waals surface area (Å²) in [5.74, 6) is 1.31. The molecule has 0 aromatic carbocycles. The number of aromatic nitrogens is 3. The average Bonchev–Trinajstić information content (AvgIpc) is 3.16. The maximum atomic E-state index is 12.2. The van der Waals surface area contributed by atoms with Crippen LogP contribution in [0.5, 0.6) is 0 Å². The Morgan fingerprint density at radius 1 is 1.30 bits per heavy atom. The molecule has 23 heavy (non-hydrogen) atoms. The summed E-state index contributed by atoms with van der Waals surface area (Å²) < 4.78 is 0. The van der Waals surface area contributed by atoms with E-state index in [2.05, 4.69) is 15.2 Å². The number of carbonyl (C=O) groups is 1. The molecule has 1 N–H and O–H groups in total. The molecule has 122 valence electrons. The number of H-pyrrole nitrogens is 1. The van der Waals surface area contributed by atoms with Crippen LogP contribution in [0.15, 0.2) is 22.7 Å². The molecule has 1 aliphatic heterocycles. The van der Waals surface area contributed by atoms with E-state index in [4.69, 9.17) is 0 Å². The zero-order chi connectivity index (χ0) is 15.9. The van der Waals surface area contributed by atoms with Crippen LogP contribution in [-0.2, 0) is 4.79 Å². The summed E-state index contributed by atoms with van der Waals surface area (Å²) in [6.07, 6.45) is 8.61. The fourth-order valence-electron chi connectivity index (χ4n) is 2.48. The Labute approximate surface area is 144 Å². The second-order valence-electron chi connectivity index (χ2n) is 5.44. The van der Waals surface area contributed by atoms with Gasteiger partial charge in [0, 0.05) is 18.0 Å². The molecule has 5 nitrogen and oxygen atoms in total. The number of thioether (sulfide) groups is 1. The molecule has 1 aliphatic rings. The van der Waals surface area contributed by atoms with Gasteiger partial charge in [-0.15, -0.1) is 16.4 Å². The highest BCUT2D eigenvalue weighted by molar-refractivity contribution is 7.99. The molecule has 1 amide bonds. The normalized spacial score (nSPS) is 15.9. The van der Waals surface area contributed by atoms with Gasteiger partial charge in [0.1, 0.15) is 5.82 Å². The first kappa shape index (κ1) is 16.3. The van der Waals surface area contributed by atoms with Crippen molar-refractivity contribution in [2.24, 2.45) is 0 Å². The van der Waals surface area contributed by atoms with Gasteiger partial charge in [-0.3, -0.25) is 9.89 Å². The van der Waals surface area contributed by atoms with Gasteiger partial charge in [-0.1, -0.05) is 30.7 Å². The topological polar surface area (TPSA) is 61.9 Å². The Bertz CT molecular complexity index is 643. The summed E-state index contributed by atoms with van der Waals surface area (Å²) in [6, 6.07) is 4.06. The highest BCUT2D eigenvalue weighted by Gasteiger charge is 2.16.